The molecule has 2 aromatic carbocycles. The van der Waals surface area contributed by atoms with Crippen LogP contribution in [0.2, 0.25) is 0 Å². The number of halogens is 3. The Morgan fingerprint density at radius 3 is 2.34 bits per heavy atom. The third kappa shape index (κ3) is 8.23. The maximum absolute atomic E-state index is 12.6. The van der Waals surface area contributed by atoms with E-state index >= 15 is 0 Å². The van der Waals surface area contributed by atoms with Crippen LogP contribution in [0.5, 0.6) is 0 Å². The molecule has 0 saturated carbocycles. The Kier molecular flexibility index (Phi) is 9.20. The molecule has 0 aromatic heterocycles. The van der Waals surface area contributed by atoms with E-state index in [9.17, 15) is 26.4 Å². The Labute approximate surface area is 185 Å². The number of amides is 1. The standard InChI is InChI=1S/C21H25F3N2O5S/c1-15-3-8-18(32(28,29)26-9-10-30-2)11-19(15)20(27)25-12-16-4-6-17(7-5-16)13-31-14-21(22,23)24/h3-8,11,26H,9-10,12-14H2,1-2H3,(H,25,27). The molecule has 0 saturated heterocycles. The molecule has 0 spiro atoms. The highest BCUT2D eigenvalue weighted by molar-refractivity contribution is 7.89. The third-order valence-corrected chi connectivity index (χ3v) is 5.83. The Bertz CT molecular complexity index is 1010. The number of alkyl halides is 3. The number of methoxy groups -OCH3 is 1. The molecule has 32 heavy (non-hydrogen) atoms. The minimum absolute atomic E-state index is 0.0347. The minimum Gasteiger partial charge on any atom is -0.383 e. The van der Waals surface area contributed by atoms with E-state index in [1.807, 2.05) is 0 Å². The molecule has 0 aliphatic rings. The smallest absolute Gasteiger partial charge is 0.383 e. The molecule has 0 aliphatic heterocycles. The van der Waals surface area contributed by atoms with Gasteiger partial charge in [0.15, 0.2) is 0 Å². The van der Waals surface area contributed by atoms with Gasteiger partial charge in [0, 0.05) is 25.8 Å². The van der Waals surface area contributed by atoms with Crippen LogP contribution in [0.3, 0.4) is 0 Å². The third-order valence-electron chi connectivity index (χ3n) is 4.37. The van der Waals surface area contributed by atoms with Crippen molar-refractivity contribution in [1.82, 2.24) is 10.0 Å². The zero-order chi connectivity index (χ0) is 23.8. The highest BCUT2D eigenvalue weighted by Gasteiger charge is 2.27. The predicted molar refractivity (Wildman–Crippen MR) is 112 cm³/mol. The molecule has 0 aliphatic carbocycles. The van der Waals surface area contributed by atoms with Gasteiger partial charge < -0.3 is 14.8 Å². The number of rotatable bonds is 11. The number of benzene rings is 2. The van der Waals surface area contributed by atoms with Crippen molar-refractivity contribution >= 4 is 15.9 Å². The van der Waals surface area contributed by atoms with E-state index in [-0.39, 0.29) is 36.8 Å². The molecule has 0 atom stereocenters. The Hall–Kier alpha value is -2.47. The quantitative estimate of drug-likeness (QED) is 0.489. The largest absolute Gasteiger partial charge is 0.411 e. The van der Waals surface area contributed by atoms with Gasteiger partial charge in [-0.3, -0.25) is 4.79 Å². The van der Waals surface area contributed by atoms with Crippen LogP contribution >= 0.6 is 0 Å². The van der Waals surface area contributed by atoms with Crippen molar-refractivity contribution in [2.24, 2.45) is 0 Å². The van der Waals surface area contributed by atoms with E-state index in [2.05, 4.69) is 14.8 Å². The normalized spacial score (nSPS) is 12.0. The van der Waals surface area contributed by atoms with Crippen LogP contribution in [0.15, 0.2) is 47.4 Å². The van der Waals surface area contributed by atoms with Crippen molar-refractivity contribution in [2.75, 3.05) is 26.9 Å². The molecule has 2 aromatic rings. The van der Waals surface area contributed by atoms with Crippen LogP contribution in [0.1, 0.15) is 27.0 Å². The second-order valence-electron chi connectivity index (χ2n) is 6.97. The van der Waals surface area contributed by atoms with E-state index in [0.29, 0.717) is 11.1 Å². The first kappa shape index (κ1) is 25.8. The molecule has 11 heteroatoms. The summed E-state index contributed by atoms with van der Waals surface area (Å²) in [7, 11) is -2.33. The lowest BCUT2D eigenvalue weighted by Crippen LogP contribution is -2.28. The summed E-state index contributed by atoms with van der Waals surface area (Å²) in [5, 5.41) is 2.72. The van der Waals surface area contributed by atoms with Crippen LogP contribution < -0.4 is 10.0 Å². The van der Waals surface area contributed by atoms with Gasteiger partial charge in [0.1, 0.15) is 6.61 Å². The SMILES string of the molecule is COCCNS(=O)(=O)c1ccc(C)c(C(=O)NCc2ccc(COCC(F)(F)F)cc2)c1. The molecule has 1 amide bonds. The van der Waals surface area contributed by atoms with Crippen LogP contribution in [0.25, 0.3) is 0 Å². The van der Waals surface area contributed by atoms with Gasteiger partial charge in [-0.15, -0.1) is 0 Å². The van der Waals surface area contributed by atoms with Crippen LogP contribution in [0.4, 0.5) is 13.2 Å². The molecule has 2 rings (SSSR count). The van der Waals surface area contributed by atoms with Gasteiger partial charge in [0.05, 0.1) is 18.1 Å². The lowest BCUT2D eigenvalue weighted by atomic mass is 10.1. The van der Waals surface area contributed by atoms with Crippen molar-refractivity contribution in [3.8, 4) is 0 Å². The van der Waals surface area contributed by atoms with E-state index in [0.717, 1.165) is 5.56 Å². The molecule has 176 valence electrons. The van der Waals surface area contributed by atoms with E-state index in [4.69, 9.17) is 4.74 Å². The number of sulfonamides is 1. The summed E-state index contributed by atoms with van der Waals surface area (Å²) >= 11 is 0. The zero-order valence-electron chi connectivity index (χ0n) is 17.7. The van der Waals surface area contributed by atoms with Gasteiger partial charge in [0.2, 0.25) is 10.0 Å². The van der Waals surface area contributed by atoms with E-state index < -0.39 is 28.7 Å². The second kappa shape index (κ2) is 11.4. The molecular formula is C21H25F3N2O5S. The summed E-state index contributed by atoms with van der Waals surface area (Å²) in [6, 6.07) is 10.8. The van der Waals surface area contributed by atoms with Gasteiger partial charge in [-0.25, -0.2) is 13.1 Å². The number of ether oxygens (including phenoxy) is 2. The fraction of sp³-hybridized carbons (Fsp3) is 0.381. The minimum atomic E-state index is -4.38. The molecular weight excluding hydrogens is 449 g/mol. The van der Waals surface area contributed by atoms with Crippen LogP contribution in [0, 0.1) is 6.92 Å². The van der Waals surface area contributed by atoms with Gasteiger partial charge in [-0.2, -0.15) is 13.2 Å². The number of aryl methyl sites for hydroxylation is 1. The number of carbonyl (C=O) groups is 1. The number of hydrogen-bond donors (Lipinski definition) is 2. The van der Waals surface area contributed by atoms with Crippen molar-refractivity contribution in [1.29, 1.82) is 0 Å². The Morgan fingerprint density at radius 2 is 1.72 bits per heavy atom. The number of carbonyl (C=O) groups excluding carboxylic acids is 1. The molecule has 2 N–H and O–H groups in total. The fourth-order valence-corrected chi connectivity index (χ4v) is 3.73. The predicted octanol–water partition coefficient (Wildman–Crippen LogP) is 2.93. The Balaban J connectivity index is 1.98. The van der Waals surface area contributed by atoms with E-state index in [1.54, 1.807) is 37.3 Å². The zero-order valence-corrected chi connectivity index (χ0v) is 18.5. The van der Waals surface area contributed by atoms with Gasteiger partial charge in [0.25, 0.3) is 5.91 Å². The summed E-state index contributed by atoms with van der Waals surface area (Å²) in [6.45, 7) is 0.674. The monoisotopic (exact) mass is 474 g/mol. The molecule has 0 heterocycles. The molecule has 0 unspecified atom stereocenters. The van der Waals surface area contributed by atoms with Gasteiger partial charge >= 0.3 is 6.18 Å². The van der Waals surface area contributed by atoms with Gasteiger partial charge in [-0.1, -0.05) is 30.3 Å². The highest BCUT2D eigenvalue weighted by Crippen LogP contribution is 2.17. The Morgan fingerprint density at radius 1 is 1.06 bits per heavy atom. The van der Waals surface area contributed by atoms with Crippen molar-refractivity contribution < 1.29 is 35.9 Å². The van der Waals surface area contributed by atoms with Gasteiger partial charge in [-0.05, 0) is 35.7 Å². The first-order valence-electron chi connectivity index (χ1n) is 9.61. The average molecular weight is 475 g/mol. The fourth-order valence-electron chi connectivity index (χ4n) is 2.69. The van der Waals surface area contributed by atoms with Crippen molar-refractivity contribution in [3.63, 3.8) is 0 Å². The first-order chi connectivity index (χ1) is 15.0. The second-order valence-corrected chi connectivity index (χ2v) is 8.74. The lowest BCUT2D eigenvalue weighted by molar-refractivity contribution is -0.176. The van der Waals surface area contributed by atoms with Crippen LogP contribution in [-0.4, -0.2) is 47.4 Å². The van der Waals surface area contributed by atoms with Crippen molar-refractivity contribution in [3.05, 3.63) is 64.7 Å². The topological polar surface area (TPSA) is 93.7 Å². The highest BCUT2D eigenvalue weighted by atomic mass is 32.2. The molecule has 0 fully saturated rings. The summed E-state index contributed by atoms with van der Waals surface area (Å²) in [4.78, 5) is 12.6. The lowest BCUT2D eigenvalue weighted by Gasteiger charge is -2.12. The molecule has 7 nitrogen and oxygen atoms in total. The van der Waals surface area contributed by atoms with Crippen LogP contribution in [-0.2, 0) is 32.6 Å². The summed E-state index contributed by atoms with van der Waals surface area (Å²) in [6.07, 6.45) is -4.38. The first-order valence-corrected chi connectivity index (χ1v) is 11.1. The molecule has 0 radical (unpaired) electrons. The number of hydrogen-bond acceptors (Lipinski definition) is 5. The maximum Gasteiger partial charge on any atom is 0.411 e. The number of nitrogens with one attached hydrogen (secondary N) is 2. The molecule has 0 bridgehead atoms. The average Bonchev–Trinajstić information content (AvgIpc) is 2.72. The summed E-state index contributed by atoms with van der Waals surface area (Å²) in [5.41, 5.74) is 2.12. The summed E-state index contributed by atoms with van der Waals surface area (Å²) in [5.74, 6) is -0.450. The summed E-state index contributed by atoms with van der Waals surface area (Å²) < 4.78 is 72.9. The van der Waals surface area contributed by atoms with Crippen molar-refractivity contribution in [2.45, 2.75) is 31.1 Å². The van der Waals surface area contributed by atoms with E-state index in [1.165, 1.54) is 19.2 Å². The maximum atomic E-state index is 12.6.